The maximum Gasteiger partial charge on any atom is 0.125 e. The quantitative estimate of drug-likeness (QED) is 0.379. The number of hydrogen-bond acceptors (Lipinski definition) is 5. The number of phenolic OH excluding ortho intramolecular Hbond substituents is 2. The molecule has 6 heteroatoms. The van der Waals surface area contributed by atoms with E-state index in [1.807, 2.05) is 30.3 Å². The van der Waals surface area contributed by atoms with Crippen molar-refractivity contribution < 1.29 is 31.3 Å². The van der Waals surface area contributed by atoms with Gasteiger partial charge in [-0.05, 0) is 36.4 Å². The normalized spacial score (nSPS) is 10.8. The van der Waals surface area contributed by atoms with Gasteiger partial charge < -0.3 is 10.2 Å². The van der Waals surface area contributed by atoms with Gasteiger partial charge in [-0.2, -0.15) is 0 Å². The Labute approximate surface area is 170 Å². The smallest absolute Gasteiger partial charge is 0.125 e. The van der Waals surface area contributed by atoms with E-state index in [9.17, 15) is 10.2 Å². The first-order chi connectivity index (χ1) is 12.7. The van der Waals surface area contributed by atoms with Crippen LogP contribution >= 0.6 is 0 Å². The third-order valence-electron chi connectivity index (χ3n) is 4.01. The molecule has 0 unspecified atom stereocenters. The van der Waals surface area contributed by atoms with Crippen LogP contribution in [0.15, 0.2) is 77.9 Å². The van der Waals surface area contributed by atoms with Crippen molar-refractivity contribution in [3.63, 3.8) is 0 Å². The van der Waals surface area contributed by atoms with Crippen molar-refractivity contribution in [3.05, 3.63) is 78.5 Å². The molecule has 1 aromatic heterocycles. The van der Waals surface area contributed by atoms with Crippen LogP contribution in [0.3, 0.4) is 0 Å². The summed E-state index contributed by atoms with van der Waals surface area (Å²) in [7, 11) is 0. The summed E-state index contributed by atoms with van der Waals surface area (Å²) in [5.41, 5.74) is 3.77. The van der Waals surface area contributed by atoms with Crippen molar-refractivity contribution in [2.75, 3.05) is 0 Å². The molecule has 5 nitrogen and oxygen atoms in total. The van der Waals surface area contributed by atoms with E-state index in [4.69, 9.17) is 0 Å². The van der Waals surface area contributed by atoms with Crippen LogP contribution in [0.4, 0.5) is 5.69 Å². The van der Waals surface area contributed by atoms with Crippen LogP contribution in [0.5, 0.6) is 11.5 Å². The van der Waals surface area contributed by atoms with Crippen LogP contribution in [-0.4, -0.2) is 26.4 Å². The van der Waals surface area contributed by atoms with Crippen LogP contribution < -0.4 is 0 Å². The van der Waals surface area contributed by atoms with Gasteiger partial charge >= 0.3 is 0 Å². The third kappa shape index (κ3) is 3.88. The third-order valence-corrected chi connectivity index (χ3v) is 4.01. The van der Waals surface area contributed by atoms with Crippen molar-refractivity contribution in [3.8, 4) is 22.8 Å². The molecule has 4 aromatic rings. The Morgan fingerprint density at radius 3 is 2.33 bits per heavy atom. The fraction of sp³-hybridized carbons (Fsp3) is 0. The molecule has 0 atom stereocenters. The van der Waals surface area contributed by atoms with E-state index >= 15 is 0 Å². The molecule has 27 heavy (non-hydrogen) atoms. The Morgan fingerprint density at radius 1 is 0.815 bits per heavy atom. The summed E-state index contributed by atoms with van der Waals surface area (Å²) in [5.74, 6) is 0.314. The number of rotatable bonds is 3. The molecule has 3 aromatic carbocycles. The molecule has 0 aliphatic carbocycles. The minimum atomic E-state index is 0. The standard InChI is InChI=1S/C21H15N3O2.Pt/c25-19-10-3-1-6-14(19)12-22-16-8-5-9-17-21(16)24-18(13-23-17)15-7-2-4-11-20(15)26;/h1-13,25-26H;. The molecule has 2 N–H and O–H groups in total. The summed E-state index contributed by atoms with van der Waals surface area (Å²) in [6, 6.07) is 19.5. The van der Waals surface area contributed by atoms with E-state index in [-0.39, 0.29) is 32.6 Å². The molecular formula is C21H15N3O2Pt. The molecule has 0 spiro atoms. The molecule has 0 amide bonds. The van der Waals surface area contributed by atoms with Gasteiger partial charge in [0.15, 0.2) is 0 Å². The summed E-state index contributed by atoms with van der Waals surface area (Å²) in [4.78, 5) is 13.5. The average Bonchev–Trinajstić information content (AvgIpc) is 2.67. The molecule has 4 rings (SSSR count). The average molecular weight is 536 g/mol. The molecule has 0 fully saturated rings. The zero-order chi connectivity index (χ0) is 17.9. The van der Waals surface area contributed by atoms with E-state index in [0.717, 1.165) is 0 Å². The second-order valence-electron chi connectivity index (χ2n) is 5.73. The Kier molecular flexibility index (Phi) is 5.63. The zero-order valence-corrected chi connectivity index (χ0v) is 16.3. The Balaban J connectivity index is 0.00000210. The summed E-state index contributed by atoms with van der Waals surface area (Å²) in [6.45, 7) is 0. The summed E-state index contributed by atoms with van der Waals surface area (Å²) < 4.78 is 0. The van der Waals surface area contributed by atoms with Crippen molar-refractivity contribution in [1.29, 1.82) is 0 Å². The first-order valence-electron chi connectivity index (χ1n) is 8.08. The van der Waals surface area contributed by atoms with E-state index in [0.29, 0.717) is 33.5 Å². The predicted molar refractivity (Wildman–Crippen MR) is 102 cm³/mol. The van der Waals surface area contributed by atoms with Gasteiger partial charge in [0.05, 0.1) is 23.1 Å². The van der Waals surface area contributed by atoms with Gasteiger partial charge in [-0.15, -0.1) is 0 Å². The van der Waals surface area contributed by atoms with Gasteiger partial charge in [-0.25, -0.2) is 4.98 Å². The number of aromatic nitrogens is 2. The number of benzene rings is 3. The minimum absolute atomic E-state index is 0. The number of aromatic hydroxyl groups is 2. The van der Waals surface area contributed by atoms with Gasteiger partial charge in [0.25, 0.3) is 0 Å². The molecule has 0 aliphatic rings. The van der Waals surface area contributed by atoms with Crippen LogP contribution in [0.1, 0.15) is 5.56 Å². The fourth-order valence-corrected chi connectivity index (χ4v) is 2.68. The summed E-state index contributed by atoms with van der Waals surface area (Å²) in [6.07, 6.45) is 3.23. The van der Waals surface area contributed by atoms with Gasteiger partial charge in [0.1, 0.15) is 17.0 Å². The Bertz CT molecular complexity index is 1130. The predicted octanol–water partition coefficient (Wildman–Crippen LogP) is 4.46. The number of nitrogens with zero attached hydrogens (tertiary/aromatic N) is 3. The molecule has 0 aliphatic heterocycles. The SMILES string of the molecule is Oc1ccccc1C=Nc1cccc2ncc(-c3ccccc3O)nc12.[Pt]. The summed E-state index contributed by atoms with van der Waals surface area (Å²) >= 11 is 0. The number of hydrogen-bond donors (Lipinski definition) is 2. The number of fused-ring (bicyclic) bond motifs is 1. The monoisotopic (exact) mass is 536 g/mol. The molecule has 0 saturated carbocycles. The fourth-order valence-electron chi connectivity index (χ4n) is 2.68. The van der Waals surface area contributed by atoms with E-state index in [1.165, 1.54) is 0 Å². The molecule has 1 heterocycles. The first-order valence-corrected chi connectivity index (χ1v) is 8.08. The van der Waals surface area contributed by atoms with Gasteiger partial charge in [-0.1, -0.05) is 30.3 Å². The van der Waals surface area contributed by atoms with Crippen molar-refractivity contribution >= 4 is 22.9 Å². The van der Waals surface area contributed by atoms with Crippen LogP contribution in [-0.2, 0) is 21.1 Å². The van der Waals surface area contributed by atoms with Gasteiger partial charge in [0, 0.05) is 38.4 Å². The van der Waals surface area contributed by atoms with Gasteiger partial charge in [0.2, 0.25) is 0 Å². The molecule has 0 saturated heterocycles. The number of para-hydroxylation sites is 3. The zero-order valence-electron chi connectivity index (χ0n) is 14.1. The Hall–Kier alpha value is -3.04. The minimum Gasteiger partial charge on any atom is -0.507 e. The van der Waals surface area contributed by atoms with Crippen LogP contribution in [0, 0.1) is 0 Å². The van der Waals surface area contributed by atoms with Crippen LogP contribution in [0.25, 0.3) is 22.3 Å². The van der Waals surface area contributed by atoms with E-state index in [1.54, 1.807) is 48.8 Å². The molecule has 136 valence electrons. The van der Waals surface area contributed by atoms with E-state index in [2.05, 4.69) is 15.0 Å². The molecule has 0 radical (unpaired) electrons. The molecular weight excluding hydrogens is 521 g/mol. The number of aliphatic imine (C=N–C) groups is 1. The molecule has 0 bridgehead atoms. The maximum absolute atomic E-state index is 10.1. The van der Waals surface area contributed by atoms with Gasteiger partial charge in [-0.3, -0.25) is 9.98 Å². The van der Waals surface area contributed by atoms with Crippen molar-refractivity contribution in [1.82, 2.24) is 9.97 Å². The van der Waals surface area contributed by atoms with Crippen molar-refractivity contribution in [2.24, 2.45) is 4.99 Å². The summed E-state index contributed by atoms with van der Waals surface area (Å²) in [5, 5.41) is 19.9. The van der Waals surface area contributed by atoms with E-state index < -0.39 is 0 Å². The maximum atomic E-state index is 10.1. The van der Waals surface area contributed by atoms with Crippen molar-refractivity contribution in [2.45, 2.75) is 0 Å². The Morgan fingerprint density at radius 2 is 1.56 bits per heavy atom. The first kappa shape index (κ1) is 18.7. The number of phenols is 2. The second kappa shape index (κ2) is 8.10. The topological polar surface area (TPSA) is 78.6 Å². The largest absolute Gasteiger partial charge is 0.507 e. The van der Waals surface area contributed by atoms with Crippen LogP contribution in [0.2, 0.25) is 0 Å². The second-order valence-corrected chi connectivity index (χ2v) is 5.73.